The van der Waals surface area contributed by atoms with Gasteiger partial charge in [-0.2, -0.15) is 0 Å². The van der Waals surface area contributed by atoms with Crippen molar-refractivity contribution >= 4 is 22.3 Å². The van der Waals surface area contributed by atoms with Crippen molar-refractivity contribution in [3.63, 3.8) is 0 Å². The van der Waals surface area contributed by atoms with Crippen LogP contribution in [0, 0.1) is 17.8 Å². The van der Waals surface area contributed by atoms with Crippen LogP contribution in [0.4, 0.5) is 0 Å². The summed E-state index contributed by atoms with van der Waals surface area (Å²) in [6, 6.07) is 11.8. The van der Waals surface area contributed by atoms with E-state index >= 15 is 0 Å². The average Bonchev–Trinajstić information content (AvgIpc) is 2.66. The summed E-state index contributed by atoms with van der Waals surface area (Å²) in [5, 5.41) is 2.12. The first-order valence-corrected chi connectivity index (χ1v) is 9.87. The first-order chi connectivity index (χ1) is 12.9. The van der Waals surface area contributed by atoms with E-state index in [2.05, 4.69) is 27.4 Å². The second-order valence-corrected chi connectivity index (χ2v) is 8.18. The third-order valence-corrected chi connectivity index (χ3v) is 5.86. The molecule has 0 radical (unpaired) electrons. The number of hydrogen-bond acceptors (Lipinski definition) is 3. The fourth-order valence-corrected chi connectivity index (χ4v) is 4.12. The second kappa shape index (κ2) is 8.16. The first-order valence-electron chi connectivity index (χ1n) is 9.87. The number of ether oxygens (including phenoxy) is 2. The van der Waals surface area contributed by atoms with Gasteiger partial charge >= 0.3 is 5.97 Å². The molecule has 1 aliphatic carbocycles. The molecule has 0 saturated heterocycles. The number of carbonyl (C=O) groups excluding carboxylic acids is 1. The normalized spacial score (nSPS) is 22.6. The molecule has 0 aliphatic heterocycles. The number of methoxy groups -OCH3 is 1. The molecule has 144 valence electrons. The van der Waals surface area contributed by atoms with Crippen molar-refractivity contribution in [2.45, 2.75) is 46.1 Å². The number of esters is 1. The van der Waals surface area contributed by atoms with Crippen molar-refractivity contribution in [1.82, 2.24) is 0 Å². The third kappa shape index (κ3) is 4.35. The van der Waals surface area contributed by atoms with Gasteiger partial charge < -0.3 is 9.47 Å². The van der Waals surface area contributed by atoms with E-state index in [1.807, 2.05) is 36.4 Å². The molecule has 0 N–H and O–H groups in total. The standard InChI is InChI=1S/C24H30O3/c1-15(2)22-11-6-16(3)12-23(22)27-24(25)17(4)18-7-8-20-14-21(26-5)10-9-19(20)13-18/h7-10,13-16,22-23H,4,6,11-12H2,1-3,5H3/t16-,22+,23-/m1/s1. The molecule has 2 aromatic carbocycles. The minimum atomic E-state index is -0.299. The van der Waals surface area contributed by atoms with Crippen molar-refractivity contribution in [2.75, 3.05) is 7.11 Å². The van der Waals surface area contributed by atoms with Gasteiger partial charge in [-0.3, -0.25) is 0 Å². The summed E-state index contributed by atoms with van der Waals surface area (Å²) in [6.45, 7) is 10.7. The predicted octanol–water partition coefficient (Wildman–Crippen LogP) is 5.87. The molecule has 1 saturated carbocycles. The molecule has 3 rings (SSSR count). The van der Waals surface area contributed by atoms with Gasteiger partial charge in [0.2, 0.25) is 0 Å². The van der Waals surface area contributed by atoms with E-state index in [-0.39, 0.29) is 12.1 Å². The van der Waals surface area contributed by atoms with Crippen LogP contribution in [0.2, 0.25) is 0 Å². The van der Waals surface area contributed by atoms with Crippen LogP contribution in [0.25, 0.3) is 16.3 Å². The molecule has 0 spiro atoms. The van der Waals surface area contributed by atoms with Gasteiger partial charge in [0, 0.05) is 0 Å². The molecule has 27 heavy (non-hydrogen) atoms. The molecule has 1 fully saturated rings. The molecule has 3 heteroatoms. The zero-order chi connectivity index (χ0) is 19.6. The van der Waals surface area contributed by atoms with Crippen LogP contribution >= 0.6 is 0 Å². The largest absolute Gasteiger partial charge is 0.497 e. The lowest BCUT2D eigenvalue weighted by atomic mass is 9.75. The van der Waals surface area contributed by atoms with Crippen molar-refractivity contribution in [3.05, 3.63) is 48.5 Å². The van der Waals surface area contributed by atoms with E-state index in [4.69, 9.17) is 9.47 Å². The zero-order valence-electron chi connectivity index (χ0n) is 16.8. The van der Waals surface area contributed by atoms with Crippen molar-refractivity contribution in [3.8, 4) is 5.75 Å². The minimum Gasteiger partial charge on any atom is -0.497 e. The maximum atomic E-state index is 12.8. The Morgan fingerprint density at radius 1 is 1.11 bits per heavy atom. The van der Waals surface area contributed by atoms with Crippen LogP contribution in [0.3, 0.4) is 0 Å². The maximum Gasteiger partial charge on any atom is 0.338 e. The fourth-order valence-electron chi connectivity index (χ4n) is 4.12. The SMILES string of the molecule is C=C(C(=O)O[C@@H]1C[C@H](C)CC[C@H]1C(C)C)c1ccc2cc(OC)ccc2c1. The van der Waals surface area contributed by atoms with Gasteiger partial charge in [-0.25, -0.2) is 4.79 Å². The number of fused-ring (bicyclic) bond motifs is 1. The van der Waals surface area contributed by atoms with Gasteiger partial charge in [0.25, 0.3) is 0 Å². The van der Waals surface area contributed by atoms with Gasteiger partial charge in [-0.05, 0) is 65.1 Å². The Bertz CT molecular complexity index is 837. The summed E-state index contributed by atoms with van der Waals surface area (Å²) < 4.78 is 11.2. The lowest BCUT2D eigenvalue weighted by Crippen LogP contribution is -2.36. The van der Waals surface area contributed by atoms with Crippen molar-refractivity contribution < 1.29 is 14.3 Å². The van der Waals surface area contributed by atoms with E-state index in [1.165, 1.54) is 6.42 Å². The summed E-state index contributed by atoms with van der Waals surface area (Å²) in [6.07, 6.45) is 3.27. The van der Waals surface area contributed by atoms with Gasteiger partial charge in [-0.15, -0.1) is 0 Å². The molecule has 1 aliphatic rings. The Balaban J connectivity index is 1.76. The molecule has 3 nitrogen and oxygen atoms in total. The topological polar surface area (TPSA) is 35.5 Å². The van der Waals surface area contributed by atoms with E-state index in [1.54, 1.807) is 7.11 Å². The van der Waals surface area contributed by atoms with E-state index in [9.17, 15) is 4.79 Å². The molecule has 0 amide bonds. The lowest BCUT2D eigenvalue weighted by Gasteiger charge is -2.36. The number of benzene rings is 2. The second-order valence-electron chi connectivity index (χ2n) is 8.18. The average molecular weight is 367 g/mol. The molecule has 0 aromatic heterocycles. The third-order valence-electron chi connectivity index (χ3n) is 5.86. The van der Waals surface area contributed by atoms with Crippen LogP contribution in [0.15, 0.2) is 43.0 Å². The Morgan fingerprint density at radius 3 is 2.52 bits per heavy atom. The summed E-state index contributed by atoms with van der Waals surface area (Å²) in [7, 11) is 1.66. The fraction of sp³-hybridized carbons (Fsp3) is 0.458. The summed E-state index contributed by atoms with van der Waals surface area (Å²) >= 11 is 0. The molecule has 3 atom stereocenters. The number of carbonyl (C=O) groups is 1. The molecule has 0 bridgehead atoms. The Kier molecular flexibility index (Phi) is 5.88. The molecular weight excluding hydrogens is 336 g/mol. The highest BCUT2D eigenvalue weighted by Crippen LogP contribution is 2.36. The van der Waals surface area contributed by atoms with Crippen LogP contribution in [-0.4, -0.2) is 19.2 Å². The van der Waals surface area contributed by atoms with Crippen LogP contribution in [0.1, 0.15) is 45.6 Å². The number of rotatable bonds is 5. The first kappa shape index (κ1) is 19.5. The highest BCUT2D eigenvalue weighted by Gasteiger charge is 2.33. The highest BCUT2D eigenvalue weighted by atomic mass is 16.5. The molecule has 2 aromatic rings. The quantitative estimate of drug-likeness (QED) is 0.491. The van der Waals surface area contributed by atoms with E-state index < -0.39 is 0 Å². The minimum absolute atomic E-state index is 0.0114. The molecule has 0 heterocycles. The van der Waals surface area contributed by atoms with Gasteiger partial charge in [0.05, 0.1) is 12.7 Å². The van der Waals surface area contributed by atoms with Crippen LogP contribution in [-0.2, 0) is 9.53 Å². The van der Waals surface area contributed by atoms with E-state index in [0.717, 1.165) is 34.9 Å². The van der Waals surface area contributed by atoms with Crippen molar-refractivity contribution in [2.24, 2.45) is 17.8 Å². The Labute approximate surface area is 162 Å². The monoisotopic (exact) mass is 366 g/mol. The highest BCUT2D eigenvalue weighted by molar-refractivity contribution is 6.16. The maximum absolute atomic E-state index is 12.8. The molecule has 0 unspecified atom stereocenters. The molecular formula is C24H30O3. The zero-order valence-corrected chi connectivity index (χ0v) is 16.8. The summed E-state index contributed by atoms with van der Waals surface area (Å²) in [4.78, 5) is 12.8. The summed E-state index contributed by atoms with van der Waals surface area (Å²) in [5.41, 5.74) is 1.23. The van der Waals surface area contributed by atoms with Crippen molar-refractivity contribution in [1.29, 1.82) is 0 Å². The summed E-state index contributed by atoms with van der Waals surface area (Å²) in [5.74, 6) is 2.06. The Hall–Kier alpha value is -2.29. The van der Waals surface area contributed by atoms with Gasteiger partial charge in [-0.1, -0.05) is 52.0 Å². The lowest BCUT2D eigenvalue weighted by molar-refractivity contribution is -0.148. The van der Waals surface area contributed by atoms with Gasteiger partial charge in [0.15, 0.2) is 0 Å². The van der Waals surface area contributed by atoms with Crippen LogP contribution < -0.4 is 4.74 Å². The smallest absolute Gasteiger partial charge is 0.338 e. The van der Waals surface area contributed by atoms with Crippen LogP contribution in [0.5, 0.6) is 5.75 Å². The Morgan fingerprint density at radius 2 is 1.81 bits per heavy atom. The van der Waals surface area contributed by atoms with E-state index in [0.29, 0.717) is 23.3 Å². The predicted molar refractivity (Wildman–Crippen MR) is 111 cm³/mol. The number of hydrogen-bond donors (Lipinski definition) is 0. The van der Waals surface area contributed by atoms with Gasteiger partial charge in [0.1, 0.15) is 11.9 Å².